The Hall–Kier alpha value is -3.71. The van der Waals surface area contributed by atoms with E-state index in [2.05, 4.69) is 15.3 Å². The highest BCUT2D eigenvalue weighted by Crippen LogP contribution is 2.20. The van der Waals surface area contributed by atoms with Crippen molar-refractivity contribution in [2.24, 2.45) is 0 Å². The molecule has 0 saturated heterocycles. The first-order valence-electron chi connectivity index (χ1n) is 9.34. The fourth-order valence-corrected chi connectivity index (χ4v) is 3.59. The number of thiazole rings is 1. The number of amides is 1. The lowest BCUT2D eigenvalue weighted by Gasteiger charge is -2.08. The minimum absolute atomic E-state index is 0.186. The molecule has 1 amide bonds. The van der Waals surface area contributed by atoms with E-state index in [4.69, 9.17) is 4.74 Å². The van der Waals surface area contributed by atoms with Gasteiger partial charge in [0.1, 0.15) is 11.4 Å². The Bertz CT molecular complexity index is 1150. The molecule has 7 heteroatoms. The average Bonchev–Trinajstić information content (AvgIpc) is 3.43. The van der Waals surface area contributed by atoms with Gasteiger partial charge in [-0.3, -0.25) is 15.1 Å². The SMILES string of the molecule is COc1ccc(C=Cc2csc(NC(=O)c3cccn3Cc3ccncc3)n2)cc1. The molecule has 0 aliphatic carbocycles. The predicted octanol–water partition coefficient (Wildman–Crippen LogP) is 4.82. The van der Waals surface area contributed by atoms with Crippen LogP contribution in [0.5, 0.6) is 5.75 Å². The van der Waals surface area contributed by atoms with Crippen molar-refractivity contribution in [2.45, 2.75) is 6.54 Å². The highest BCUT2D eigenvalue weighted by atomic mass is 32.1. The van der Waals surface area contributed by atoms with Gasteiger partial charge in [-0.25, -0.2) is 4.98 Å². The maximum absolute atomic E-state index is 12.7. The third-order valence-corrected chi connectivity index (χ3v) is 5.25. The maximum atomic E-state index is 12.7. The van der Waals surface area contributed by atoms with E-state index in [9.17, 15) is 4.79 Å². The molecule has 0 atom stereocenters. The molecule has 4 aromatic rings. The fourth-order valence-electron chi connectivity index (χ4n) is 2.92. The van der Waals surface area contributed by atoms with Gasteiger partial charge in [0.2, 0.25) is 0 Å². The van der Waals surface area contributed by atoms with Gasteiger partial charge < -0.3 is 9.30 Å². The molecule has 150 valence electrons. The first kappa shape index (κ1) is 19.6. The molecule has 1 aromatic carbocycles. The summed E-state index contributed by atoms with van der Waals surface area (Å²) >= 11 is 1.39. The largest absolute Gasteiger partial charge is 0.497 e. The summed E-state index contributed by atoms with van der Waals surface area (Å²) in [6.45, 7) is 0.603. The number of carbonyl (C=O) groups is 1. The number of hydrogen-bond acceptors (Lipinski definition) is 5. The van der Waals surface area contributed by atoms with Gasteiger partial charge in [0, 0.05) is 30.5 Å². The van der Waals surface area contributed by atoms with Crippen LogP contribution in [0.25, 0.3) is 12.2 Å². The summed E-state index contributed by atoms with van der Waals surface area (Å²) in [5, 5.41) is 5.36. The quantitative estimate of drug-likeness (QED) is 0.469. The van der Waals surface area contributed by atoms with Gasteiger partial charge in [0.05, 0.1) is 12.8 Å². The van der Waals surface area contributed by atoms with Gasteiger partial charge in [0.25, 0.3) is 5.91 Å². The Kier molecular flexibility index (Phi) is 6.01. The number of aromatic nitrogens is 3. The second kappa shape index (κ2) is 9.19. The third kappa shape index (κ3) is 4.82. The van der Waals surface area contributed by atoms with Crippen molar-refractivity contribution in [3.05, 3.63) is 95.0 Å². The van der Waals surface area contributed by atoms with E-state index in [1.54, 1.807) is 25.6 Å². The lowest BCUT2D eigenvalue weighted by atomic mass is 10.2. The van der Waals surface area contributed by atoms with Crippen LogP contribution >= 0.6 is 11.3 Å². The van der Waals surface area contributed by atoms with Gasteiger partial charge >= 0.3 is 0 Å². The highest BCUT2D eigenvalue weighted by molar-refractivity contribution is 7.14. The lowest BCUT2D eigenvalue weighted by Crippen LogP contribution is -2.17. The van der Waals surface area contributed by atoms with Crippen molar-refractivity contribution >= 4 is 34.5 Å². The topological polar surface area (TPSA) is 69.0 Å². The van der Waals surface area contributed by atoms with Crippen LogP contribution in [0.4, 0.5) is 5.13 Å². The average molecular weight is 417 g/mol. The monoisotopic (exact) mass is 416 g/mol. The Morgan fingerprint density at radius 1 is 1.13 bits per heavy atom. The number of pyridine rings is 1. The summed E-state index contributed by atoms with van der Waals surface area (Å²) in [5.41, 5.74) is 3.49. The molecule has 3 aromatic heterocycles. The van der Waals surface area contributed by atoms with Crippen LogP contribution in [0.15, 0.2) is 72.5 Å². The number of hydrogen-bond donors (Lipinski definition) is 1. The Labute approximate surface area is 178 Å². The van der Waals surface area contributed by atoms with Gasteiger partial charge in [-0.2, -0.15) is 0 Å². The van der Waals surface area contributed by atoms with Crippen LogP contribution in [0.1, 0.15) is 27.3 Å². The zero-order valence-electron chi connectivity index (χ0n) is 16.4. The van der Waals surface area contributed by atoms with E-state index in [0.717, 1.165) is 22.6 Å². The first-order chi connectivity index (χ1) is 14.7. The van der Waals surface area contributed by atoms with Crippen molar-refractivity contribution in [3.63, 3.8) is 0 Å². The molecule has 0 saturated carbocycles. The van der Waals surface area contributed by atoms with Crippen LogP contribution in [0.2, 0.25) is 0 Å². The summed E-state index contributed by atoms with van der Waals surface area (Å²) in [4.78, 5) is 21.2. The van der Waals surface area contributed by atoms with Crippen molar-refractivity contribution < 1.29 is 9.53 Å². The summed E-state index contributed by atoms with van der Waals surface area (Å²) in [5.74, 6) is 0.633. The summed E-state index contributed by atoms with van der Waals surface area (Å²) in [7, 11) is 1.64. The molecule has 0 bridgehead atoms. The zero-order valence-corrected chi connectivity index (χ0v) is 17.2. The number of anilines is 1. The van der Waals surface area contributed by atoms with Gasteiger partial charge in [0.15, 0.2) is 5.13 Å². The maximum Gasteiger partial charge on any atom is 0.274 e. The Balaban J connectivity index is 1.41. The smallest absolute Gasteiger partial charge is 0.274 e. The minimum atomic E-state index is -0.186. The molecule has 4 rings (SSSR count). The molecule has 0 aliphatic heterocycles. The number of rotatable bonds is 7. The van der Waals surface area contributed by atoms with Crippen LogP contribution in [-0.2, 0) is 6.54 Å². The number of ether oxygens (including phenoxy) is 1. The van der Waals surface area contributed by atoms with E-state index in [0.29, 0.717) is 17.4 Å². The molecule has 3 heterocycles. The van der Waals surface area contributed by atoms with Crippen molar-refractivity contribution in [1.29, 1.82) is 0 Å². The zero-order chi connectivity index (χ0) is 20.8. The van der Waals surface area contributed by atoms with Crippen LogP contribution in [0.3, 0.4) is 0 Å². The molecule has 0 radical (unpaired) electrons. The first-order valence-corrected chi connectivity index (χ1v) is 10.2. The van der Waals surface area contributed by atoms with Crippen molar-refractivity contribution in [3.8, 4) is 5.75 Å². The number of nitrogens with zero attached hydrogens (tertiary/aromatic N) is 3. The van der Waals surface area contributed by atoms with Gasteiger partial charge in [-0.15, -0.1) is 11.3 Å². The number of methoxy groups -OCH3 is 1. The third-order valence-electron chi connectivity index (χ3n) is 4.47. The van der Waals surface area contributed by atoms with E-state index in [-0.39, 0.29) is 5.91 Å². The van der Waals surface area contributed by atoms with Crippen LogP contribution in [0, 0.1) is 0 Å². The summed E-state index contributed by atoms with van der Waals surface area (Å²) in [6, 6.07) is 15.3. The predicted molar refractivity (Wildman–Crippen MR) is 120 cm³/mol. The molecular formula is C23H20N4O2S. The van der Waals surface area contributed by atoms with E-state index in [1.807, 2.05) is 70.8 Å². The van der Waals surface area contributed by atoms with Gasteiger partial charge in [-0.05, 0) is 53.6 Å². The summed E-state index contributed by atoms with van der Waals surface area (Å²) < 4.78 is 7.07. The molecule has 30 heavy (non-hydrogen) atoms. The van der Waals surface area contributed by atoms with Gasteiger partial charge in [-0.1, -0.05) is 18.2 Å². The van der Waals surface area contributed by atoms with E-state index in [1.165, 1.54) is 11.3 Å². The van der Waals surface area contributed by atoms with Crippen LogP contribution < -0.4 is 10.1 Å². The van der Waals surface area contributed by atoms with Crippen molar-refractivity contribution in [1.82, 2.24) is 14.5 Å². The van der Waals surface area contributed by atoms with Crippen molar-refractivity contribution in [2.75, 3.05) is 12.4 Å². The molecular weight excluding hydrogens is 396 g/mol. The molecule has 1 N–H and O–H groups in total. The number of nitrogens with one attached hydrogen (secondary N) is 1. The molecule has 0 spiro atoms. The fraction of sp³-hybridized carbons (Fsp3) is 0.0870. The second-order valence-corrected chi connectivity index (χ2v) is 7.37. The number of carbonyl (C=O) groups excluding carboxylic acids is 1. The Morgan fingerprint density at radius 2 is 1.93 bits per heavy atom. The molecule has 0 aliphatic rings. The minimum Gasteiger partial charge on any atom is -0.497 e. The van der Waals surface area contributed by atoms with E-state index < -0.39 is 0 Å². The lowest BCUT2D eigenvalue weighted by molar-refractivity contribution is 0.101. The molecule has 0 unspecified atom stereocenters. The normalized spacial score (nSPS) is 11.0. The summed E-state index contributed by atoms with van der Waals surface area (Å²) in [6.07, 6.45) is 9.27. The standard InChI is InChI=1S/C23H20N4O2S/c1-29-20-8-5-17(6-9-20)4-7-19-16-30-23(25-19)26-22(28)21-3-2-14-27(21)15-18-10-12-24-13-11-18/h2-14,16H,15H2,1H3,(H,25,26,28). The number of benzene rings is 1. The van der Waals surface area contributed by atoms with E-state index >= 15 is 0 Å². The Morgan fingerprint density at radius 3 is 2.70 bits per heavy atom. The second-order valence-electron chi connectivity index (χ2n) is 6.51. The van der Waals surface area contributed by atoms with Crippen LogP contribution in [-0.4, -0.2) is 27.6 Å². The molecule has 6 nitrogen and oxygen atoms in total. The molecule has 0 fully saturated rings. The highest BCUT2D eigenvalue weighted by Gasteiger charge is 2.13.